The molecule has 34 heavy (non-hydrogen) atoms. The minimum atomic E-state index is -0.920. The fourth-order valence-corrected chi connectivity index (χ4v) is 3.63. The molecule has 0 radical (unpaired) electrons. The van der Waals surface area contributed by atoms with Crippen LogP contribution in [0.4, 0.5) is 4.79 Å². The van der Waals surface area contributed by atoms with Gasteiger partial charge in [0.15, 0.2) is 0 Å². The fourth-order valence-electron chi connectivity index (χ4n) is 3.63. The molecule has 2 rings (SSSR count). The third-order valence-electron chi connectivity index (χ3n) is 5.47. The number of ether oxygens (including phenoxy) is 1. The van der Waals surface area contributed by atoms with E-state index < -0.39 is 47.8 Å². The third kappa shape index (κ3) is 7.75. The highest BCUT2D eigenvalue weighted by Gasteiger charge is 2.35. The Kier molecular flexibility index (Phi) is 9.84. The van der Waals surface area contributed by atoms with E-state index in [4.69, 9.17) is 10.5 Å². The normalized spacial score (nSPS) is 16.9. The van der Waals surface area contributed by atoms with Crippen LogP contribution >= 0.6 is 0 Å². The zero-order valence-electron chi connectivity index (χ0n) is 19.7. The molecule has 11 heteroatoms. The number of likely N-dealkylation sites (tertiary alicyclic amines) is 1. The van der Waals surface area contributed by atoms with Gasteiger partial charge in [0.1, 0.15) is 24.7 Å². The lowest BCUT2D eigenvalue weighted by Gasteiger charge is -2.26. The maximum Gasteiger partial charge on any atom is 0.408 e. The number of carbonyl (C=O) groups is 5. The van der Waals surface area contributed by atoms with Crippen LogP contribution in [0.5, 0.6) is 0 Å². The van der Waals surface area contributed by atoms with Gasteiger partial charge in [-0.15, -0.1) is 0 Å². The molecule has 1 aromatic carbocycles. The van der Waals surface area contributed by atoms with Crippen LogP contribution < -0.4 is 21.7 Å². The van der Waals surface area contributed by atoms with Crippen LogP contribution in [0.3, 0.4) is 0 Å². The number of nitrogens with one attached hydrogen (secondary N) is 3. The number of benzene rings is 1. The van der Waals surface area contributed by atoms with E-state index in [1.54, 1.807) is 13.8 Å². The minimum absolute atomic E-state index is 0.0566. The van der Waals surface area contributed by atoms with Crippen molar-refractivity contribution in [1.82, 2.24) is 20.9 Å². The van der Waals surface area contributed by atoms with Gasteiger partial charge in [-0.3, -0.25) is 19.2 Å². The van der Waals surface area contributed by atoms with Crippen molar-refractivity contribution in [3.05, 3.63) is 35.9 Å². The summed E-state index contributed by atoms with van der Waals surface area (Å²) in [4.78, 5) is 62.4. The number of primary amides is 1. The summed E-state index contributed by atoms with van der Waals surface area (Å²) in [6, 6.07) is 6.62. The molecule has 3 atom stereocenters. The van der Waals surface area contributed by atoms with Gasteiger partial charge in [-0.05, 0) is 31.2 Å². The van der Waals surface area contributed by atoms with Crippen LogP contribution in [0.1, 0.15) is 39.2 Å². The third-order valence-corrected chi connectivity index (χ3v) is 5.47. The second kappa shape index (κ2) is 12.6. The van der Waals surface area contributed by atoms with Crippen molar-refractivity contribution in [1.29, 1.82) is 0 Å². The van der Waals surface area contributed by atoms with E-state index in [0.717, 1.165) is 5.56 Å². The second-order valence-electron chi connectivity index (χ2n) is 8.53. The number of hydrogen-bond donors (Lipinski definition) is 4. The first-order valence-electron chi connectivity index (χ1n) is 11.2. The molecule has 5 N–H and O–H groups in total. The van der Waals surface area contributed by atoms with E-state index in [1.807, 2.05) is 30.3 Å². The standard InChI is InChI=1S/C23H33N5O6/c1-14(2)19(27-23(33)34-13-16-8-5-4-6-9-16)21(31)25-12-18(29)26-15(3)22(32)28-11-7-10-17(28)20(24)30/h4-6,8-9,14-15,17,19H,7,10-13H2,1-3H3,(H2,24,30)(H,25,31)(H,26,29)(H,27,33)/t15-,17-,19-/m0/s1. The first kappa shape index (κ1) is 26.6. The first-order chi connectivity index (χ1) is 16.1. The molecular formula is C23H33N5O6. The molecule has 1 aliphatic rings. The van der Waals surface area contributed by atoms with Crippen molar-refractivity contribution in [2.75, 3.05) is 13.1 Å². The van der Waals surface area contributed by atoms with Gasteiger partial charge in [0.05, 0.1) is 6.54 Å². The maximum atomic E-state index is 12.6. The molecule has 0 saturated carbocycles. The van der Waals surface area contributed by atoms with Crippen molar-refractivity contribution < 1.29 is 28.7 Å². The molecule has 5 amide bonds. The quantitative estimate of drug-likeness (QED) is 0.374. The topological polar surface area (TPSA) is 160 Å². The van der Waals surface area contributed by atoms with E-state index >= 15 is 0 Å². The van der Waals surface area contributed by atoms with Gasteiger partial charge in [-0.25, -0.2) is 4.79 Å². The van der Waals surface area contributed by atoms with E-state index in [0.29, 0.717) is 19.4 Å². The Balaban J connectivity index is 1.80. The lowest BCUT2D eigenvalue weighted by atomic mass is 10.0. The summed E-state index contributed by atoms with van der Waals surface area (Å²) in [7, 11) is 0. The van der Waals surface area contributed by atoms with Crippen LogP contribution in [0.25, 0.3) is 0 Å². The SMILES string of the molecule is CC(C)[C@H](NC(=O)OCc1ccccc1)C(=O)NCC(=O)N[C@@H](C)C(=O)N1CCC[C@H]1C(N)=O. The Morgan fingerprint density at radius 1 is 1.09 bits per heavy atom. The van der Waals surface area contributed by atoms with Gasteiger partial charge >= 0.3 is 6.09 Å². The van der Waals surface area contributed by atoms with Crippen LogP contribution in [0.15, 0.2) is 30.3 Å². The van der Waals surface area contributed by atoms with E-state index in [-0.39, 0.29) is 19.1 Å². The highest BCUT2D eigenvalue weighted by atomic mass is 16.5. The summed E-state index contributed by atoms with van der Waals surface area (Å²) in [6.45, 7) is 5.05. The average molecular weight is 476 g/mol. The van der Waals surface area contributed by atoms with Gasteiger partial charge in [0, 0.05) is 6.54 Å². The summed E-state index contributed by atoms with van der Waals surface area (Å²) in [5.74, 6) is -2.41. The number of carbonyl (C=O) groups excluding carboxylic acids is 5. The largest absolute Gasteiger partial charge is 0.445 e. The summed E-state index contributed by atoms with van der Waals surface area (Å²) >= 11 is 0. The van der Waals surface area contributed by atoms with Crippen molar-refractivity contribution in [3.63, 3.8) is 0 Å². The monoisotopic (exact) mass is 475 g/mol. The Labute approximate surface area is 198 Å². The summed E-state index contributed by atoms with van der Waals surface area (Å²) in [5, 5.41) is 7.49. The molecule has 1 aliphatic heterocycles. The van der Waals surface area contributed by atoms with Gasteiger partial charge < -0.3 is 31.3 Å². The zero-order valence-corrected chi connectivity index (χ0v) is 19.7. The Hall–Kier alpha value is -3.63. The van der Waals surface area contributed by atoms with Crippen molar-refractivity contribution in [2.24, 2.45) is 11.7 Å². The van der Waals surface area contributed by atoms with Gasteiger partial charge in [-0.2, -0.15) is 0 Å². The summed E-state index contributed by atoms with van der Waals surface area (Å²) in [5.41, 5.74) is 6.14. The lowest BCUT2D eigenvalue weighted by molar-refractivity contribution is -0.140. The molecule has 0 spiro atoms. The predicted octanol–water partition coefficient (Wildman–Crippen LogP) is 0.0346. The Morgan fingerprint density at radius 3 is 2.38 bits per heavy atom. The van der Waals surface area contributed by atoms with Crippen LogP contribution in [-0.2, 0) is 30.5 Å². The van der Waals surface area contributed by atoms with E-state index in [9.17, 15) is 24.0 Å². The lowest BCUT2D eigenvalue weighted by Crippen LogP contribution is -2.54. The van der Waals surface area contributed by atoms with Crippen molar-refractivity contribution >= 4 is 29.7 Å². The molecule has 0 aliphatic carbocycles. The zero-order chi connectivity index (χ0) is 25.3. The summed E-state index contributed by atoms with van der Waals surface area (Å²) in [6.07, 6.45) is 0.402. The number of rotatable bonds is 10. The molecule has 0 unspecified atom stereocenters. The van der Waals surface area contributed by atoms with Crippen molar-refractivity contribution in [3.8, 4) is 0 Å². The molecule has 1 fully saturated rings. The van der Waals surface area contributed by atoms with Crippen LogP contribution in [-0.4, -0.2) is 65.8 Å². The number of nitrogens with two attached hydrogens (primary N) is 1. The number of nitrogens with zero attached hydrogens (tertiary/aromatic N) is 1. The fraction of sp³-hybridized carbons (Fsp3) is 0.522. The molecule has 1 aromatic rings. The maximum absolute atomic E-state index is 12.6. The molecule has 11 nitrogen and oxygen atoms in total. The molecule has 0 bridgehead atoms. The van der Waals surface area contributed by atoms with E-state index in [1.165, 1.54) is 11.8 Å². The highest BCUT2D eigenvalue weighted by Crippen LogP contribution is 2.17. The Bertz CT molecular complexity index is 891. The van der Waals surface area contributed by atoms with Gasteiger partial charge in [-0.1, -0.05) is 44.2 Å². The molecular weight excluding hydrogens is 442 g/mol. The minimum Gasteiger partial charge on any atom is -0.445 e. The van der Waals surface area contributed by atoms with Gasteiger partial charge in [0.2, 0.25) is 23.6 Å². The van der Waals surface area contributed by atoms with Crippen LogP contribution in [0.2, 0.25) is 0 Å². The highest BCUT2D eigenvalue weighted by molar-refractivity contribution is 5.93. The second-order valence-corrected chi connectivity index (χ2v) is 8.53. The van der Waals surface area contributed by atoms with Crippen molar-refractivity contribution in [2.45, 2.75) is 58.3 Å². The molecule has 1 saturated heterocycles. The predicted molar refractivity (Wildman–Crippen MR) is 123 cm³/mol. The smallest absolute Gasteiger partial charge is 0.408 e. The first-order valence-corrected chi connectivity index (χ1v) is 11.2. The molecule has 186 valence electrons. The number of alkyl carbamates (subject to hydrolysis) is 1. The number of hydrogen-bond acceptors (Lipinski definition) is 6. The average Bonchev–Trinajstić information content (AvgIpc) is 3.30. The number of amides is 5. The van der Waals surface area contributed by atoms with Crippen LogP contribution in [0, 0.1) is 5.92 Å². The van der Waals surface area contributed by atoms with E-state index in [2.05, 4.69) is 16.0 Å². The Morgan fingerprint density at radius 2 is 1.76 bits per heavy atom. The molecule has 0 aromatic heterocycles. The summed E-state index contributed by atoms with van der Waals surface area (Å²) < 4.78 is 5.15. The molecule has 1 heterocycles. The van der Waals surface area contributed by atoms with Gasteiger partial charge in [0.25, 0.3) is 0 Å².